The summed E-state index contributed by atoms with van der Waals surface area (Å²) in [5.41, 5.74) is 8.15. The van der Waals surface area contributed by atoms with Gasteiger partial charge in [0.05, 0.1) is 11.0 Å². The minimum absolute atomic E-state index is 0.304. The lowest BCUT2D eigenvalue weighted by Crippen LogP contribution is -2.08. The van der Waals surface area contributed by atoms with Crippen LogP contribution < -0.4 is 10.5 Å². The first-order chi connectivity index (χ1) is 17.5. The van der Waals surface area contributed by atoms with E-state index in [-0.39, 0.29) is 0 Å². The van der Waals surface area contributed by atoms with Crippen LogP contribution in [0.2, 0.25) is 0 Å². The highest BCUT2D eigenvalue weighted by Crippen LogP contribution is 2.40. The summed E-state index contributed by atoms with van der Waals surface area (Å²) in [6.07, 6.45) is 0. The molecule has 36 heavy (non-hydrogen) atoms. The molecule has 180 valence electrons. The second-order valence-corrected chi connectivity index (χ2v) is 9.42. The molecule has 0 amide bonds. The Morgan fingerprint density at radius 3 is 2.67 bits per heavy atom. The van der Waals surface area contributed by atoms with E-state index >= 15 is 0 Å². The van der Waals surface area contributed by atoms with Gasteiger partial charge < -0.3 is 9.30 Å². The van der Waals surface area contributed by atoms with Crippen LogP contribution in [0.5, 0.6) is 5.75 Å². The van der Waals surface area contributed by atoms with Gasteiger partial charge in [-0.25, -0.2) is 9.78 Å². The third-order valence-electron chi connectivity index (χ3n) is 6.69. The van der Waals surface area contributed by atoms with Crippen molar-refractivity contribution in [2.24, 2.45) is 0 Å². The molecule has 1 aliphatic heterocycles. The predicted octanol–water partition coefficient (Wildman–Crippen LogP) is 5.76. The summed E-state index contributed by atoms with van der Waals surface area (Å²) in [7, 11) is 0. The van der Waals surface area contributed by atoms with Gasteiger partial charge in [-0.2, -0.15) is 0 Å². The van der Waals surface area contributed by atoms with Gasteiger partial charge in [0, 0.05) is 23.6 Å². The maximum absolute atomic E-state index is 11.7. The summed E-state index contributed by atoms with van der Waals surface area (Å²) < 4.78 is 13.3. The Morgan fingerprint density at radius 2 is 1.86 bits per heavy atom. The second-order valence-electron chi connectivity index (χ2n) is 9.42. The van der Waals surface area contributed by atoms with Gasteiger partial charge in [0.1, 0.15) is 18.2 Å². The van der Waals surface area contributed by atoms with Crippen LogP contribution in [0.1, 0.15) is 60.6 Å². The highest BCUT2D eigenvalue weighted by molar-refractivity contribution is 5.99. The Kier molecular flexibility index (Phi) is 5.33. The van der Waals surface area contributed by atoms with Gasteiger partial charge in [0.25, 0.3) is 0 Å². The van der Waals surface area contributed by atoms with E-state index in [4.69, 9.17) is 14.2 Å². The number of nitrogens with one attached hydrogen (secondary N) is 1. The molecule has 0 unspecified atom stereocenters. The Bertz CT molecular complexity index is 1690. The molecule has 0 atom stereocenters. The zero-order chi connectivity index (χ0) is 24.8. The van der Waals surface area contributed by atoms with Crippen molar-refractivity contribution in [2.45, 2.75) is 39.8 Å². The molecule has 0 bridgehead atoms. The molecule has 2 aromatic heterocycles. The van der Waals surface area contributed by atoms with Gasteiger partial charge in [-0.3, -0.25) is 9.51 Å². The molecule has 7 nitrogen and oxygen atoms in total. The first kappa shape index (κ1) is 22.1. The molecule has 3 aromatic carbocycles. The van der Waals surface area contributed by atoms with E-state index in [9.17, 15) is 4.79 Å². The number of ether oxygens (including phenoxy) is 1. The van der Waals surface area contributed by atoms with Crippen LogP contribution >= 0.6 is 0 Å². The number of rotatable bonds is 4. The van der Waals surface area contributed by atoms with Gasteiger partial charge in [-0.15, -0.1) is 0 Å². The number of hydrogen-bond acceptors (Lipinski definition) is 5. The molecular weight excluding hydrogens is 452 g/mol. The summed E-state index contributed by atoms with van der Waals surface area (Å²) in [5.74, 6) is 2.00. The standard InChI is InChI=1S/C29H26N4O3/c1-17(2)28-30-23-9-5-6-10-24(23)33(28)15-19-12-13-21-20(14-19)16-35-25-11-7-4-8-22(25)26(21)18(3)27-31-29(34)36-32-27/h4-14,17H,15-16H2,1-3H3,(H,31,32,34)/b26-18-. The molecule has 6 rings (SSSR count). The van der Waals surface area contributed by atoms with Crippen LogP contribution in [-0.4, -0.2) is 19.7 Å². The smallest absolute Gasteiger partial charge is 0.439 e. The van der Waals surface area contributed by atoms with Gasteiger partial charge in [0.15, 0.2) is 5.82 Å². The number of para-hydroxylation sites is 3. The van der Waals surface area contributed by atoms with Crippen molar-refractivity contribution in [3.05, 3.63) is 111 Å². The van der Waals surface area contributed by atoms with E-state index in [0.29, 0.717) is 24.9 Å². The Hall–Kier alpha value is -4.39. The number of hydrogen-bond donors (Lipinski definition) is 1. The number of aromatic nitrogens is 4. The van der Waals surface area contributed by atoms with Crippen LogP contribution in [0.4, 0.5) is 0 Å². The van der Waals surface area contributed by atoms with Crippen LogP contribution in [-0.2, 0) is 13.2 Å². The summed E-state index contributed by atoms with van der Waals surface area (Å²) in [6, 6.07) is 22.7. The normalized spacial score (nSPS) is 14.3. The number of nitrogens with zero attached hydrogens (tertiary/aromatic N) is 3. The lowest BCUT2D eigenvalue weighted by atomic mass is 9.89. The predicted molar refractivity (Wildman–Crippen MR) is 139 cm³/mol. The van der Waals surface area contributed by atoms with Crippen molar-refractivity contribution in [3.8, 4) is 5.75 Å². The van der Waals surface area contributed by atoms with Crippen molar-refractivity contribution in [1.29, 1.82) is 0 Å². The zero-order valence-electron chi connectivity index (χ0n) is 20.4. The number of benzene rings is 3. The number of allylic oxidation sites excluding steroid dienone is 1. The summed E-state index contributed by atoms with van der Waals surface area (Å²) >= 11 is 0. The summed E-state index contributed by atoms with van der Waals surface area (Å²) in [4.78, 5) is 19.2. The molecule has 3 heterocycles. The SMILES string of the molecule is C/C(=C1\c2ccc(Cn3c(C(C)C)nc4ccccc43)cc2COc2ccccc21)c1noc(=O)[nH]1. The molecule has 0 aliphatic carbocycles. The maximum atomic E-state index is 11.7. The highest BCUT2D eigenvalue weighted by atomic mass is 16.5. The average molecular weight is 479 g/mol. The fourth-order valence-corrected chi connectivity index (χ4v) is 5.01. The van der Waals surface area contributed by atoms with Crippen molar-refractivity contribution < 1.29 is 9.26 Å². The Labute approximate surface area is 208 Å². The maximum Gasteiger partial charge on any atom is 0.439 e. The van der Waals surface area contributed by atoms with Crippen molar-refractivity contribution >= 4 is 22.2 Å². The Morgan fingerprint density at radius 1 is 1.06 bits per heavy atom. The van der Waals surface area contributed by atoms with Crippen LogP contribution in [0.15, 0.2) is 76.0 Å². The van der Waals surface area contributed by atoms with E-state index in [1.165, 1.54) is 5.56 Å². The molecule has 1 N–H and O–H groups in total. The van der Waals surface area contributed by atoms with Crippen molar-refractivity contribution in [3.63, 3.8) is 0 Å². The highest BCUT2D eigenvalue weighted by Gasteiger charge is 2.23. The monoisotopic (exact) mass is 478 g/mol. The lowest BCUT2D eigenvalue weighted by molar-refractivity contribution is 0.307. The van der Waals surface area contributed by atoms with Crippen LogP contribution in [0.3, 0.4) is 0 Å². The number of H-pyrrole nitrogens is 1. The van der Waals surface area contributed by atoms with E-state index in [0.717, 1.165) is 50.4 Å². The second kappa shape index (κ2) is 8.68. The zero-order valence-corrected chi connectivity index (χ0v) is 20.4. The number of aromatic amines is 1. The van der Waals surface area contributed by atoms with Gasteiger partial charge in [-0.05, 0) is 53.5 Å². The molecule has 0 spiro atoms. The van der Waals surface area contributed by atoms with E-state index in [2.05, 4.69) is 65.0 Å². The minimum atomic E-state index is -0.577. The first-order valence-corrected chi connectivity index (χ1v) is 12.1. The quantitative estimate of drug-likeness (QED) is 0.355. The third kappa shape index (κ3) is 3.73. The minimum Gasteiger partial charge on any atom is -0.488 e. The fourth-order valence-electron chi connectivity index (χ4n) is 5.01. The first-order valence-electron chi connectivity index (χ1n) is 12.1. The largest absolute Gasteiger partial charge is 0.488 e. The molecule has 0 saturated heterocycles. The average Bonchev–Trinajstić information content (AvgIpc) is 3.44. The Balaban J connectivity index is 1.49. The molecule has 1 aliphatic rings. The van der Waals surface area contributed by atoms with Crippen molar-refractivity contribution in [2.75, 3.05) is 0 Å². The molecule has 0 radical (unpaired) electrons. The topological polar surface area (TPSA) is 85.9 Å². The molecule has 0 saturated carbocycles. The van der Waals surface area contributed by atoms with E-state index in [1.54, 1.807) is 0 Å². The van der Waals surface area contributed by atoms with Gasteiger partial charge >= 0.3 is 5.76 Å². The molecule has 7 heteroatoms. The van der Waals surface area contributed by atoms with E-state index < -0.39 is 5.76 Å². The lowest BCUT2D eigenvalue weighted by Gasteiger charge is -2.16. The summed E-state index contributed by atoms with van der Waals surface area (Å²) in [5, 5.41) is 3.94. The molecule has 0 fully saturated rings. The molecular formula is C29H26N4O3. The number of imidazole rings is 1. The number of fused-ring (bicyclic) bond motifs is 3. The van der Waals surface area contributed by atoms with Gasteiger partial charge in [0.2, 0.25) is 0 Å². The van der Waals surface area contributed by atoms with Crippen molar-refractivity contribution in [1.82, 2.24) is 19.7 Å². The summed E-state index contributed by atoms with van der Waals surface area (Å²) in [6.45, 7) is 7.44. The third-order valence-corrected chi connectivity index (χ3v) is 6.69. The molecule has 5 aromatic rings. The fraction of sp³-hybridized carbons (Fsp3) is 0.207. The van der Waals surface area contributed by atoms with Crippen LogP contribution in [0, 0.1) is 0 Å². The van der Waals surface area contributed by atoms with Gasteiger partial charge in [-0.1, -0.05) is 61.5 Å². The van der Waals surface area contributed by atoms with E-state index in [1.807, 2.05) is 37.3 Å². The van der Waals surface area contributed by atoms with Crippen LogP contribution in [0.25, 0.3) is 22.2 Å².